The lowest BCUT2D eigenvalue weighted by atomic mass is 9.56. The Balaban J connectivity index is 1.31. The molecule has 2 saturated heterocycles. The third-order valence-corrected chi connectivity index (χ3v) is 9.98. The van der Waals surface area contributed by atoms with Crippen LogP contribution >= 0.6 is 0 Å². The molecule has 0 bridgehead atoms. The van der Waals surface area contributed by atoms with Gasteiger partial charge in [0.2, 0.25) is 0 Å². The summed E-state index contributed by atoms with van der Waals surface area (Å²) in [7, 11) is 1.46. The molecule has 0 amide bonds. The topological polar surface area (TPSA) is 86.0 Å². The molecular weight excluding hydrogens is 533 g/mol. The Morgan fingerprint density at radius 1 is 1.07 bits per heavy atom. The number of methoxy groups -OCH3 is 1. The van der Waals surface area contributed by atoms with Crippen LogP contribution in [0.5, 0.6) is 5.75 Å². The van der Waals surface area contributed by atoms with E-state index in [1.165, 1.54) is 19.6 Å². The van der Waals surface area contributed by atoms with Crippen LogP contribution in [-0.4, -0.2) is 80.0 Å². The number of ether oxygens (including phenoxy) is 2. The van der Waals surface area contributed by atoms with Crippen molar-refractivity contribution in [1.82, 2.24) is 9.80 Å². The van der Waals surface area contributed by atoms with Crippen molar-refractivity contribution in [2.24, 2.45) is 17.8 Å². The maximum Gasteiger partial charge on any atom is 0.305 e. The van der Waals surface area contributed by atoms with Gasteiger partial charge in [-0.3, -0.25) is 4.79 Å². The van der Waals surface area contributed by atoms with Crippen molar-refractivity contribution in [3.05, 3.63) is 65.5 Å². The molecule has 0 radical (unpaired) electrons. The molecule has 0 spiro atoms. The Morgan fingerprint density at radius 2 is 1.83 bits per heavy atom. The summed E-state index contributed by atoms with van der Waals surface area (Å²) in [5, 5.41) is 19.7. The molecular formula is C34H44FN3O4. The number of halogens is 1. The van der Waals surface area contributed by atoms with Crippen LogP contribution < -0.4 is 4.74 Å². The van der Waals surface area contributed by atoms with Crippen LogP contribution in [0.1, 0.15) is 56.1 Å². The van der Waals surface area contributed by atoms with Crippen LogP contribution in [0, 0.1) is 34.9 Å². The number of esters is 1. The predicted octanol–water partition coefficient (Wildman–Crippen LogP) is 4.77. The fourth-order valence-electron chi connectivity index (χ4n) is 7.83. The quantitative estimate of drug-likeness (QED) is 0.364. The highest BCUT2D eigenvalue weighted by Crippen LogP contribution is 2.54. The first kappa shape index (κ1) is 30.5. The molecule has 2 aromatic carbocycles. The standard InChI is InChI=1S/C34H44FN3O4/c1-41-33(40)19-26-5-2-8-32(26)34(24-38-15-4-16-38,28-6-3-7-29(35)20-28)27-13-17-37(18-14-27)22-30(39)23-42-31-11-9-25(21-36)10-12-31/h3,6-7,9-12,20,26-27,30,32,39H,2,4-5,8,13-19,22-24H2,1H3/t26-,30?,32+,34+/m1/s1. The van der Waals surface area contributed by atoms with Gasteiger partial charge in [0.1, 0.15) is 24.3 Å². The van der Waals surface area contributed by atoms with Gasteiger partial charge in [-0.2, -0.15) is 5.26 Å². The van der Waals surface area contributed by atoms with E-state index in [1.807, 2.05) is 6.07 Å². The second kappa shape index (κ2) is 14.0. The van der Waals surface area contributed by atoms with Crippen molar-refractivity contribution in [2.75, 3.05) is 53.0 Å². The van der Waals surface area contributed by atoms with Crippen LogP contribution in [-0.2, 0) is 14.9 Å². The lowest BCUT2D eigenvalue weighted by Gasteiger charge is -2.53. The van der Waals surface area contributed by atoms with E-state index in [9.17, 15) is 14.3 Å². The molecule has 1 aliphatic carbocycles. The first-order chi connectivity index (χ1) is 20.4. The van der Waals surface area contributed by atoms with Gasteiger partial charge in [0, 0.05) is 24.9 Å². The second-order valence-electron chi connectivity index (χ2n) is 12.4. The van der Waals surface area contributed by atoms with Crippen LogP contribution in [0.15, 0.2) is 48.5 Å². The zero-order valence-corrected chi connectivity index (χ0v) is 24.7. The number of likely N-dealkylation sites (tertiary alicyclic amines) is 2. The Morgan fingerprint density at radius 3 is 2.48 bits per heavy atom. The average molecular weight is 578 g/mol. The summed E-state index contributed by atoms with van der Waals surface area (Å²) in [5.41, 5.74) is 1.40. The molecule has 5 rings (SSSR count). The molecule has 1 unspecified atom stereocenters. The molecule has 1 N–H and O–H groups in total. The van der Waals surface area contributed by atoms with Gasteiger partial charge < -0.3 is 24.4 Å². The SMILES string of the molecule is COC(=O)C[C@H]1CCC[C@@H]1[C@](CN1CCC1)(c1cccc(F)c1)C1CCN(CC(O)COc2ccc(C#N)cc2)CC1. The summed E-state index contributed by atoms with van der Waals surface area (Å²) in [6.07, 6.45) is 6.00. The molecule has 3 fully saturated rings. The number of carbonyl (C=O) groups excluding carboxylic acids is 1. The van der Waals surface area contributed by atoms with Gasteiger partial charge >= 0.3 is 5.97 Å². The maximum absolute atomic E-state index is 14.8. The van der Waals surface area contributed by atoms with Crippen molar-refractivity contribution in [2.45, 2.75) is 56.5 Å². The normalized spacial score (nSPS) is 23.9. The van der Waals surface area contributed by atoms with Gasteiger partial charge in [-0.25, -0.2) is 4.39 Å². The number of nitrogens with zero attached hydrogens (tertiary/aromatic N) is 3. The number of benzene rings is 2. The van der Waals surface area contributed by atoms with Gasteiger partial charge in [0.25, 0.3) is 0 Å². The van der Waals surface area contributed by atoms with E-state index in [1.54, 1.807) is 30.3 Å². The van der Waals surface area contributed by atoms with Crippen molar-refractivity contribution in [3.8, 4) is 11.8 Å². The van der Waals surface area contributed by atoms with Crippen molar-refractivity contribution >= 4 is 5.97 Å². The third kappa shape index (κ3) is 6.96. The van der Waals surface area contributed by atoms with Crippen LogP contribution in [0.25, 0.3) is 0 Å². The summed E-state index contributed by atoms with van der Waals surface area (Å²) >= 11 is 0. The highest BCUT2D eigenvalue weighted by atomic mass is 19.1. The molecule has 0 aromatic heterocycles. The third-order valence-electron chi connectivity index (χ3n) is 9.98. The Bertz CT molecular complexity index is 1220. The Hall–Kier alpha value is -2.99. The van der Waals surface area contributed by atoms with Crippen LogP contribution in [0.4, 0.5) is 4.39 Å². The maximum atomic E-state index is 14.8. The minimum Gasteiger partial charge on any atom is -0.491 e. The predicted molar refractivity (Wildman–Crippen MR) is 158 cm³/mol. The number of rotatable bonds is 12. The van der Waals surface area contributed by atoms with Gasteiger partial charge in [-0.05, 0) is 118 Å². The number of carbonyl (C=O) groups is 1. The second-order valence-corrected chi connectivity index (χ2v) is 12.4. The van der Waals surface area contributed by atoms with Crippen molar-refractivity contribution in [1.29, 1.82) is 5.26 Å². The number of aliphatic hydroxyl groups excluding tert-OH is 1. The summed E-state index contributed by atoms with van der Waals surface area (Å²) < 4.78 is 25.7. The number of nitriles is 1. The van der Waals surface area contributed by atoms with Gasteiger partial charge in [-0.15, -0.1) is 0 Å². The van der Waals surface area contributed by atoms with Gasteiger partial charge in [0.15, 0.2) is 0 Å². The minimum atomic E-state index is -0.634. The van der Waals surface area contributed by atoms with E-state index < -0.39 is 6.10 Å². The fourth-order valence-corrected chi connectivity index (χ4v) is 7.83. The monoisotopic (exact) mass is 577 g/mol. The lowest BCUT2D eigenvalue weighted by molar-refractivity contribution is -0.142. The van der Waals surface area contributed by atoms with E-state index >= 15 is 0 Å². The molecule has 8 heteroatoms. The number of β-amino-alcohol motifs (C(OH)–C–C–N with tert-alkyl or cyclic N) is 1. The number of hydrogen-bond donors (Lipinski definition) is 1. The highest BCUT2D eigenvalue weighted by Gasteiger charge is 2.52. The lowest BCUT2D eigenvalue weighted by Crippen LogP contribution is -2.57. The molecule has 226 valence electrons. The zero-order chi connectivity index (χ0) is 29.5. The Labute approximate surface area is 249 Å². The summed E-state index contributed by atoms with van der Waals surface area (Å²) in [6.45, 7) is 5.44. The van der Waals surface area contributed by atoms with E-state index in [0.29, 0.717) is 30.2 Å². The molecule has 4 atom stereocenters. The number of hydrogen-bond acceptors (Lipinski definition) is 7. The molecule has 2 aromatic rings. The largest absolute Gasteiger partial charge is 0.491 e. The molecule has 3 aliphatic rings. The van der Waals surface area contributed by atoms with Crippen molar-refractivity contribution < 1.29 is 23.8 Å². The van der Waals surface area contributed by atoms with E-state index in [4.69, 9.17) is 14.7 Å². The summed E-state index contributed by atoms with van der Waals surface area (Å²) in [6, 6.07) is 16.3. The smallest absolute Gasteiger partial charge is 0.305 e. The fraction of sp³-hybridized carbons (Fsp3) is 0.588. The van der Waals surface area contributed by atoms with Gasteiger partial charge in [0.05, 0.1) is 18.7 Å². The molecule has 2 heterocycles. The van der Waals surface area contributed by atoms with E-state index in [-0.39, 0.29) is 35.6 Å². The van der Waals surface area contributed by atoms with Gasteiger partial charge in [-0.1, -0.05) is 18.6 Å². The highest BCUT2D eigenvalue weighted by molar-refractivity contribution is 5.69. The number of aliphatic hydroxyl groups is 1. The first-order valence-electron chi connectivity index (χ1n) is 15.5. The van der Waals surface area contributed by atoms with Crippen LogP contribution in [0.2, 0.25) is 0 Å². The first-order valence-corrected chi connectivity index (χ1v) is 15.5. The van der Waals surface area contributed by atoms with Crippen LogP contribution in [0.3, 0.4) is 0 Å². The molecule has 42 heavy (non-hydrogen) atoms. The molecule has 7 nitrogen and oxygen atoms in total. The van der Waals surface area contributed by atoms with E-state index in [2.05, 4.69) is 21.9 Å². The zero-order valence-electron chi connectivity index (χ0n) is 24.7. The molecule has 2 aliphatic heterocycles. The summed E-state index contributed by atoms with van der Waals surface area (Å²) in [5.74, 6) is 1.12. The number of piperidine rings is 1. The average Bonchev–Trinajstić information content (AvgIpc) is 3.45. The van der Waals surface area contributed by atoms with Crippen molar-refractivity contribution in [3.63, 3.8) is 0 Å². The minimum absolute atomic E-state index is 0.156. The Kier molecular flexibility index (Phi) is 10.1. The molecule has 1 saturated carbocycles. The van der Waals surface area contributed by atoms with E-state index in [0.717, 1.165) is 70.4 Å². The summed E-state index contributed by atoms with van der Waals surface area (Å²) in [4.78, 5) is 17.3.